The Balaban J connectivity index is 2.02. The summed E-state index contributed by atoms with van der Waals surface area (Å²) in [6.07, 6.45) is 1.08. The van der Waals surface area contributed by atoms with Crippen LogP contribution in [0.4, 0.5) is 5.69 Å². The molecule has 0 radical (unpaired) electrons. The maximum absolute atomic E-state index is 12.3. The van der Waals surface area contributed by atoms with E-state index in [0.717, 1.165) is 10.0 Å². The molecule has 0 saturated heterocycles. The summed E-state index contributed by atoms with van der Waals surface area (Å²) < 4.78 is 12.1. The molecule has 0 unspecified atom stereocenters. The van der Waals surface area contributed by atoms with E-state index in [2.05, 4.69) is 21.2 Å². The first-order valence-corrected chi connectivity index (χ1v) is 8.85. The summed E-state index contributed by atoms with van der Waals surface area (Å²) in [5, 5.41) is 2.92. The smallest absolute Gasteiger partial charge is 0.224 e. The Morgan fingerprint density at radius 3 is 2.58 bits per heavy atom. The molecule has 2 aromatic rings. The Labute approximate surface area is 151 Å². The van der Waals surface area contributed by atoms with E-state index in [1.54, 1.807) is 6.07 Å². The Bertz CT molecular complexity index is 688. The average Bonchev–Trinajstić information content (AvgIpc) is 2.56. The summed E-state index contributed by atoms with van der Waals surface area (Å²) >= 11 is 3.44. The number of hydrogen-bond donors (Lipinski definition) is 1. The Morgan fingerprint density at radius 1 is 1.08 bits per heavy atom. The van der Waals surface area contributed by atoms with E-state index < -0.39 is 0 Å². The lowest BCUT2D eigenvalue weighted by Gasteiger charge is -2.13. The largest absolute Gasteiger partial charge is 0.494 e. The van der Waals surface area contributed by atoms with Gasteiger partial charge in [0.05, 0.1) is 18.9 Å². The molecule has 1 N–H and O–H groups in total. The van der Waals surface area contributed by atoms with Crippen LogP contribution in [0.2, 0.25) is 0 Å². The minimum Gasteiger partial charge on any atom is -0.494 e. The number of aryl methyl sites for hydroxylation is 1. The van der Waals surface area contributed by atoms with Crippen LogP contribution in [0.25, 0.3) is 0 Å². The molecule has 0 saturated carbocycles. The first-order valence-electron chi connectivity index (χ1n) is 8.06. The molecule has 0 aliphatic heterocycles. The minimum absolute atomic E-state index is 0.0513. The van der Waals surface area contributed by atoms with Crippen LogP contribution in [0.5, 0.6) is 11.5 Å². The van der Waals surface area contributed by atoms with Gasteiger partial charge in [-0.3, -0.25) is 4.79 Å². The van der Waals surface area contributed by atoms with E-state index in [-0.39, 0.29) is 5.91 Å². The number of amides is 1. The number of halogens is 1. The summed E-state index contributed by atoms with van der Waals surface area (Å²) in [5.41, 5.74) is 1.76. The summed E-state index contributed by atoms with van der Waals surface area (Å²) in [6, 6.07) is 13.4. The molecular formula is C19H22BrNO3. The van der Waals surface area contributed by atoms with Crippen LogP contribution in [-0.4, -0.2) is 19.1 Å². The summed E-state index contributed by atoms with van der Waals surface area (Å²) in [5.74, 6) is 1.31. The van der Waals surface area contributed by atoms with Crippen molar-refractivity contribution in [2.45, 2.75) is 26.7 Å². The molecule has 2 rings (SSSR count). The lowest BCUT2D eigenvalue weighted by molar-refractivity contribution is -0.116. The molecule has 0 heterocycles. The number of ether oxygens (including phenoxy) is 2. The standard InChI is InChI=1S/C19H22BrNO3/c1-3-23-16-9-10-18(24-4-2)17(13-16)21-19(22)11-8-14-6-5-7-15(20)12-14/h5-7,9-10,12-13H,3-4,8,11H2,1-2H3,(H,21,22). The molecule has 0 aliphatic carbocycles. The van der Waals surface area contributed by atoms with Gasteiger partial charge in [-0.2, -0.15) is 0 Å². The predicted molar refractivity (Wildman–Crippen MR) is 99.9 cm³/mol. The van der Waals surface area contributed by atoms with Gasteiger partial charge in [-0.1, -0.05) is 28.1 Å². The van der Waals surface area contributed by atoms with Gasteiger partial charge >= 0.3 is 0 Å². The van der Waals surface area contributed by atoms with Crippen molar-refractivity contribution >= 4 is 27.5 Å². The normalized spacial score (nSPS) is 10.3. The fraction of sp³-hybridized carbons (Fsp3) is 0.316. The first-order chi connectivity index (χ1) is 11.6. The molecule has 0 bridgehead atoms. The van der Waals surface area contributed by atoms with Crippen LogP contribution in [0, 0.1) is 0 Å². The van der Waals surface area contributed by atoms with Crippen LogP contribution in [0.1, 0.15) is 25.8 Å². The third kappa shape index (κ3) is 5.57. The zero-order chi connectivity index (χ0) is 17.4. The van der Waals surface area contributed by atoms with Gasteiger partial charge in [-0.15, -0.1) is 0 Å². The van der Waals surface area contributed by atoms with E-state index >= 15 is 0 Å². The highest BCUT2D eigenvalue weighted by Crippen LogP contribution is 2.29. The summed E-state index contributed by atoms with van der Waals surface area (Å²) in [6.45, 7) is 4.95. The Kier molecular flexibility index (Phi) is 7.12. The third-order valence-corrected chi connectivity index (χ3v) is 3.86. The predicted octanol–water partition coefficient (Wildman–Crippen LogP) is 4.82. The van der Waals surface area contributed by atoms with Crippen molar-refractivity contribution in [1.29, 1.82) is 0 Å². The Morgan fingerprint density at radius 2 is 1.88 bits per heavy atom. The number of anilines is 1. The lowest BCUT2D eigenvalue weighted by Crippen LogP contribution is -2.13. The van der Waals surface area contributed by atoms with Crippen molar-refractivity contribution < 1.29 is 14.3 Å². The fourth-order valence-corrected chi connectivity index (χ4v) is 2.75. The van der Waals surface area contributed by atoms with Gasteiger partial charge in [0.1, 0.15) is 11.5 Å². The van der Waals surface area contributed by atoms with Gasteiger partial charge < -0.3 is 14.8 Å². The lowest BCUT2D eigenvalue weighted by atomic mass is 10.1. The Hall–Kier alpha value is -2.01. The second-order valence-corrected chi connectivity index (χ2v) is 6.12. The second-order valence-electron chi connectivity index (χ2n) is 5.20. The quantitative estimate of drug-likeness (QED) is 0.701. The van der Waals surface area contributed by atoms with Crippen molar-refractivity contribution in [2.75, 3.05) is 18.5 Å². The molecule has 0 aliphatic rings. The fourth-order valence-electron chi connectivity index (χ4n) is 2.31. The molecule has 1 amide bonds. The van der Waals surface area contributed by atoms with Crippen LogP contribution in [0.3, 0.4) is 0 Å². The van der Waals surface area contributed by atoms with Crippen molar-refractivity contribution in [3.05, 3.63) is 52.5 Å². The van der Waals surface area contributed by atoms with Crippen LogP contribution in [-0.2, 0) is 11.2 Å². The molecule has 0 aromatic heterocycles. The molecule has 5 heteroatoms. The molecule has 0 atom stereocenters. The second kappa shape index (κ2) is 9.33. The maximum atomic E-state index is 12.3. The van der Waals surface area contributed by atoms with E-state index in [0.29, 0.717) is 43.2 Å². The molecule has 24 heavy (non-hydrogen) atoms. The van der Waals surface area contributed by atoms with Gasteiger partial charge in [0, 0.05) is 17.0 Å². The zero-order valence-electron chi connectivity index (χ0n) is 14.0. The highest BCUT2D eigenvalue weighted by Gasteiger charge is 2.10. The zero-order valence-corrected chi connectivity index (χ0v) is 15.6. The number of carbonyl (C=O) groups excluding carboxylic acids is 1. The van der Waals surface area contributed by atoms with Crippen LogP contribution < -0.4 is 14.8 Å². The van der Waals surface area contributed by atoms with E-state index in [4.69, 9.17) is 9.47 Å². The topological polar surface area (TPSA) is 47.6 Å². The molecular weight excluding hydrogens is 370 g/mol. The average molecular weight is 392 g/mol. The van der Waals surface area contributed by atoms with Gasteiger partial charge in [-0.05, 0) is 50.1 Å². The van der Waals surface area contributed by atoms with Crippen molar-refractivity contribution in [3.63, 3.8) is 0 Å². The first kappa shape index (κ1) is 18.3. The van der Waals surface area contributed by atoms with Crippen LogP contribution in [0.15, 0.2) is 46.9 Å². The van der Waals surface area contributed by atoms with E-state index in [9.17, 15) is 4.79 Å². The monoisotopic (exact) mass is 391 g/mol. The molecule has 4 nitrogen and oxygen atoms in total. The van der Waals surface area contributed by atoms with Crippen molar-refractivity contribution in [3.8, 4) is 11.5 Å². The van der Waals surface area contributed by atoms with Gasteiger partial charge in [0.2, 0.25) is 5.91 Å². The number of carbonyl (C=O) groups is 1. The highest BCUT2D eigenvalue weighted by molar-refractivity contribution is 9.10. The van der Waals surface area contributed by atoms with Gasteiger partial charge in [0.15, 0.2) is 0 Å². The van der Waals surface area contributed by atoms with Gasteiger partial charge in [-0.25, -0.2) is 0 Å². The van der Waals surface area contributed by atoms with Gasteiger partial charge in [0.25, 0.3) is 0 Å². The number of hydrogen-bond acceptors (Lipinski definition) is 3. The van der Waals surface area contributed by atoms with E-state index in [1.165, 1.54) is 0 Å². The molecule has 0 fully saturated rings. The van der Waals surface area contributed by atoms with Crippen molar-refractivity contribution in [1.82, 2.24) is 0 Å². The molecule has 0 spiro atoms. The van der Waals surface area contributed by atoms with Crippen LogP contribution >= 0.6 is 15.9 Å². The third-order valence-electron chi connectivity index (χ3n) is 3.37. The summed E-state index contributed by atoms with van der Waals surface area (Å²) in [4.78, 5) is 12.3. The summed E-state index contributed by atoms with van der Waals surface area (Å²) in [7, 11) is 0. The maximum Gasteiger partial charge on any atom is 0.224 e. The minimum atomic E-state index is -0.0513. The van der Waals surface area contributed by atoms with Crippen molar-refractivity contribution in [2.24, 2.45) is 0 Å². The number of rotatable bonds is 8. The number of benzene rings is 2. The SMILES string of the molecule is CCOc1ccc(OCC)c(NC(=O)CCc2cccc(Br)c2)c1. The molecule has 2 aromatic carbocycles. The number of nitrogens with one attached hydrogen (secondary N) is 1. The molecule has 128 valence electrons. The van der Waals surface area contributed by atoms with E-state index in [1.807, 2.05) is 50.2 Å². The highest BCUT2D eigenvalue weighted by atomic mass is 79.9.